The average Bonchev–Trinajstić information content (AvgIpc) is 2.69. The standard InChI is InChI=1S/C20H33N3O3/c1-5-26-17-10-13-23(14-11-17)20(21-2)22-12-6-7-16-8-9-18(24-3)19(15-16)25-4/h8-9,15,17H,5-7,10-14H2,1-4H3,(H,21,22). The first-order valence-corrected chi connectivity index (χ1v) is 9.49. The number of hydrogen-bond acceptors (Lipinski definition) is 4. The fourth-order valence-electron chi connectivity index (χ4n) is 3.33. The highest BCUT2D eigenvalue weighted by molar-refractivity contribution is 5.79. The van der Waals surface area contributed by atoms with Crippen molar-refractivity contribution >= 4 is 5.96 Å². The van der Waals surface area contributed by atoms with E-state index >= 15 is 0 Å². The van der Waals surface area contributed by atoms with E-state index in [0.29, 0.717) is 6.10 Å². The summed E-state index contributed by atoms with van der Waals surface area (Å²) in [5.74, 6) is 2.54. The van der Waals surface area contributed by atoms with Gasteiger partial charge in [0.1, 0.15) is 0 Å². The Morgan fingerprint density at radius 1 is 1.19 bits per heavy atom. The van der Waals surface area contributed by atoms with Crippen molar-refractivity contribution in [3.8, 4) is 11.5 Å². The Bertz CT molecular complexity index is 569. The van der Waals surface area contributed by atoms with E-state index in [1.807, 2.05) is 19.2 Å². The summed E-state index contributed by atoms with van der Waals surface area (Å²) in [6.07, 6.45) is 4.56. The third kappa shape index (κ3) is 5.80. The zero-order valence-corrected chi connectivity index (χ0v) is 16.6. The van der Waals surface area contributed by atoms with Crippen LogP contribution in [0.4, 0.5) is 0 Å². The molecule has 0 aromatic heterocycles. The fourth-order valence-corrected chi connectivity index (χ4v) is 3.33. The number of methoxy groups -OCH3 is 2. The third-order valence-corrected chi connectivity index (χ3v) is 4.73. The van der Waals surface area contributed by atoms with Crippen LogP contribution in [0, 0.1) is 0 Å². The lowest BCUT2D eigenvalue weighted by atomic mass is 10.1. The molecule has 1 fully saturated rings. The summed E-state index contributed by atoms with van der Waals surface area (Å²) in [5, 5.41) is 3.49. The molecule has 1 aliphatic heterocycles. The van der Waals surface area contributed by atoms with Crippen molar-refractivity contribution in [2.75, 3.05) is 47.5 Å². The van der Waals surface area contributed by atoms with Gasteiger partial charge in [0, 0.05) is 33.3 Å². The SMILES string of the molecule is CCOC1CCN(C(=NC)NCCCc2ccc(OC)c(OC)c2)CC1. The van der Waals surface area contributed by atoms with E-state index in [0.717, 1.165) is 69.4 Å². The molecule has 1 saturated heterocycles. The van der Waals surface area contributed by atoms with Crippen LogP contribution in [-0.4, -0.2) is 64.5 Å². The lowest BCUT2D eigenvalue weighted by Gasteiger charge is -2.34. The number of hydrogen-bond donors (Lipinski definition) is 1. The highest BCUT2D eigenvalue weighted by Crippen LogP contribution is 2.27. The number of piperidine rings is 1. The zero-order chi connectivity index (χ0) is 18.8. The lowest BCUT2D eigenvalue weighted by molar-refractivity contribution is 0.0264. The van der Waals surface area contributed by atoms with Gasteiger partial charge in [-0.2, -0.15) is 0 Å². The van der Waals surface area contributed by atoms with Crippen LogP contribution >= 0.6 is 0 Å². The molecule has 1 aromatic carbocycles. The van der Waals surface area contributed by atoms with Crippen molar-refractivity contribution in [1.29, 1.82) is 0 Å². The summed E-state index contributed by atoms with van der Waals surface area (Å²) in [4.78, 5) is 6.76. The molecule has 0 aliphatic carbocycles. The largest absolute Gasteiger partial charge is 0.493 e. The molecule has 1 aliphatic rings. The third-order valence-electron chi connectivity index (χ3n) is 4.73. The molecule has 1 heterocycles. The Morgan fingerprint density at radius 3 is 2.54 bits per heavy atom. The molecule has 0 atom stereocenters. The number of rotatable bonds is 8. The smallest absolute Gasteiger partial charge is 0.193 e. The Kier molecular flexibility index (Phi) is 8.54. The predicted molar refractivity (Wildman–Crippen MR) is 105 cm³/mol. The molecule has 6 heteroatoms. The van der Waals surface area contributed by atoms with Gasteiger partial charge in [-0.3, -0.25) is 4.99 Å². The van der Waals surface area contributed by atoms with Crippen molar-refractivity contribution in [3.05, 3.63) is 23.8 Å². The van der Waals surface area contributed by atoms with Crippen molar-refractivity contribution in [3.63, 3.8) is 0 Å². The molecule has 0 saturated carbocycles. The van der Waals surface area contributed by atoms with Gasteiger partial charge >= 0.3 is 0 Å². The topological polar surface area (TPSA) is 55.3 Å². The summed E-state index contributed by atoms with van der Waals surface area (Å²) in [6, 6.07) is 6.10. The van der Waals surface area contributed by atoms with Crippen molar-refractivity contribution in [2.24, 2.45) is 4.99 Å². The van der Waals surface area contributed by atoms with Gasteiger partial charge in [0.05, 0.1) is 20.3 Å². The van der Waals surface area contributed by atoms with E-state index < -0.39 is 0 Å². The van der Waals surface area contributed by atoms with Crippen LogP contribution in [-0.2, 0) is 11.2 Å². The molecule has 1 aromatic rings. The molecule has 0 spiro atoms. The Morgan fingerprint density at radius 2 is 1.92 bits per heavy atom. The lowest BCUT2D eigenvalue weighted by Crippen LogP contribution is -2.47. The molecule has 0 unspecified atom stereocenters. The normalized spacial score (nSPS) is 15.8. The molecule has 0 amide bonds. The van der Waals surface area contributed by atoms with E-state index in [4.69, 9.17) is 14.2 Å². The highest BCUT2D eigenvalue weighted by Gasteiger charge is 2.21. The summed E-state index contributed by atoms with van der Waals surface area (Å²) in [7, 11) is 5.18. The molecule has 1 N–H and O–H groups in total. The maximum Gasteiger partial charge on any atom is 0.193 e. The minimum atomic E-state index is 0.402. The number of guanidine groups is 1. The number of aryl methyl sites for hydroxylation is 1. The highest BCUT2D eigenvalue weighted by atomic mass is 16.5. The second kappa shape index (κ2) is 10.9. The van der Waals surface area contributed by atoms with Crippen LogP contribution < -0.4 is 14.8 Å². The summed E-state index contributed by atoms with van der Waals surface area (Å²) >= 11 is 0. The number of benzene rings is 1. The van der Waals surface area contributed by atoms with Crippen LogP contribution in [0.2, 0.25) is 0 Å². The number of nitrogens with zero attached hydrogens (tertiary/aromatic N) is 2. The van der Waals surface area contributed by atoms with Gasteiger partial charge in [0.25, 0.3) is 0 Å². The van der Waals surface area contributed by atoms with Gasteiger partial charge in [-0.1, -0.05) is 6.07 Å². The molecular formula is C20H33N3O3. The molecule has 2 rings (SSSR count). The number of ether oxygens (including phenoxy) is 3. The van der Waals surface area contributed by atoms with Gasteiger partial charge in [0.15, 0.2) is 17.5 Å². The molecule has 6 nitrogen and oxygen atoms in total. The summed E-state index contributed by atoms with van der Waals surface area (Å²) in [5.41, 5.74) is 1.25. The zero-order valence-electron chi connectivity index (χ0n) is 16.6. The van der Waals surface area contributed by atoms with Gasteiger partial charge in [0.2, 0.25) is 0 Å². The van der Waals surface area contributed by atoms with Crippen molar-refractivity contribution in [2.45, 2.75) is 38.7 Å². The Labute approximate surface area is 157 Å². The summed E-state index contributed by atoms with van der Waals surface area (Å²) < 4.78 is 16.4. The molecular weight excluding hydrogens is 330 g/mol. The molecule has 0 radical (unpaired) electrons. The first kappa shape index (κ1) is 20.4. The maximum atomic E-state index is 5.72. The maximum absolute atomic E-state index is 5.72. The van der Waals surface area contributed by atoms with Gasteiger partial charge in [-0.05, 0) is 50.3 Å². The Hall–Kier alpha value is -1.95. The van der Waals surface area contributed by atoms with E-state index in [-0.39, 0.29) is 0 Å². The van der Waals surface area contributed by atoms with Crippen LogP contribution in [0.1, 0.15) is 31.7 Å². The number of nitrogens with one attached hydrogen (secondary N) is 1. The fraction of sp³-hybridized carbons (Fsp3) is 0.650. The monoisotopic (exact) mass is 363 g/mol. The number of aliphatic imine (C=N–C) groups is 1. The van der Waals surface area contributed by atoms with Crippen LogP contribution in [0.3, 0.4) is 0 Å². The first-order valence-electron chi connectivity index (χ1n) is 9.49. The first-order chi connectivity index (χ1) is 12.7. The van der Waals surface area contributed by atoms with Gasteiger partial charge < -0.3 is 24.4 Å². The van der Waals surface area contributed by atoms with Crippen LogP contribution in [0.25, 0.3) is 0 Å². The minimum absolute atomic E-state index is 0.402. The molecule has 26 heavy (non-hydrogen) atoms. The predicted octanol–water partition coefficient (Wildman–Crippen LogP) is 2.71. The summed E-state index contributed by atoms with van der Waals surface area (Å²) in [6.45, 7) is 5.76. The van der Waals surface area contributed by atoms with Crippen molar-refractivity contribution in [1.82, 2.24) is 10.2 Å². The van der Waals surface area contributed by atoms with E-state index in [2.05, 4.69) is 28.2 Å². The van der Waals surface area contributed by atoms with E-state index in [1.165, 1.54) is 5.56 Å². The quantitative estimate of drug-likeness (QED) is 0.437. The molecule has 0 bridgehead atoms. The molecule has 146 valence electrons. The average molecular weight is 364 g/mol. The number of likely N-dealkylation sites (tertiary alicyclic amines) is 1. The van der Waals surface area contributed by atoms with Crippen LogP contribution in [0.15, 0.2) is 23.2 Å². The van der Waals surface area contributed by atoms with Crippen molar-refractivity contribution < 1.29 is 14.2 Å². The van der Waals surface area contributed by atoms with Crippen LogP contribution in [0.5, 0.6) is 11.5 Å². The van der Waals surface area contributed by atoms with E-state index in [1.54, 1.807) is 14.2 Å². The second-order valence-electron chi connectivity index (χ2n) is 6.41. The van der Waals surface area contributed by atoms with Gasteiger partial charge in [-0.25, -0.2) is 0 Å². The Balaban J connectivity index is 1.74. The van der Waals surface area contributed by atoms with E-state index in [9.17, 15) is 0 Å². The van der Waals surface area contributed by atoms with Gasteiger partial charge in [-0.15, -0.1) is 0 Å². The second-order valence-corrected chi connectivity index (χ2v) is 6.41. The minimum Gasteiger partial charge on any atom is -0.493 e.